The maximum atomic E-state index is 10.7. The smallest absolute Gasteiger partial charge is 0.269 e. The molecule has 1 aliphatic heterocycles. The highest BCUT2D eigenvalue weighted by molar-refractivity contribution is 5.65. The Labute approximate surface area is 178 Å². The Hall–Kier alpha value is -2.60. The fraction of sp³-hybridized carbons (Fsp3) is 0.429. The lowest BCUT2D eigenvalue weighted by molar-refractivity contribution is -0.384. The van der Waals surface area contributed by atoms with E-state index in [1.165, 1.54) is 12.1 Å². The van der Waals surface area contributed by atoms with Gasteiger partial charge in [-0.3, -0.25) is 10.1 Å². The van der Waals surface area contributed by atoms with Gasteiger partial charge >= 0.3 is 0 Å². The molecular formula is C21H25NO9. The number of nitro benzene ring substituents is 1. The van der Waals surface area contributed by atoms with Gasteiger partial charge < -0.3 is 34.6 Å². The summed E-state index contributed by atoms with van der Waals surface area (Å²) < 4.78 is 16.3. The molecule has 2 aromatic rings. The van der Waals surface area contributed by atoms with Crippen molar-refractivity contribution in [2.24, 2.45) is 0 Å². The summed E-state index contributed by atoms with van der Waals surface area (Å²) in [6.07, 6.45) is -6.01. The lowest BCUT2D eigenvalue weighted by Crippen LogP contribution is -2.59. The normalized spacial score (nSPS) is 25.9. The van der Waals surface area contributed by atoms with Gasteiger partial charge in [0.15, 0.2) is 6.29 Å². The number of hydrogen-bond donors (Lipinski definition) is 4. The van der Waals surface area contributed by atoms with Crippen LogP contribution in [0.15, 0.2) is 48.5 Å². The summed E-state index contributed by atoms with van der Waals surface area (Å²) in [6, 6.07) is 13.5. The molecule has 1 saturated heterocycles. The summed E-state index contributed by atoms with van der Waals surface area (Å²) in [5, 5.41) is 49.3. The third kappa shape index (κ3) is 5.76. The summed E-state index contributed by atoms with van der Waals surface area (Å²) in [7, 11) is 0. The van der Waals surface area contributed by atoms with Crippen LogP contribution in [0.4, 0.5) is 5.69 Å². The van der Waals surface area contributed by atoms with Crippen LogP contribution in [-0.4, -0.2) is 75.9 Å². The van der Waals surface area contributed by atoms with Gasteiger partial charge in [-0.1, -0.05) is 12.1 Å². The Balaban J connectivity index is 1.42. The average molecular weight is 435 g/mol. The first-order valence-corrected chi connectivity index (χ1v) is 9.80. The van der Waals surface area contributed by atoms with Crippen LogP contribution in [0.3, 0.4) is 0 Å². The summed E-state index contributed by atoms with van der Waals surface area (Å²) in [6.45, 7) is -0.0122. The molecule has 31 heavy (non-hydrogen) atoms. The zero-order valence-electron chi connectivity index (χ0n) is 16.6. The Bertz CT molecular complexity index is 841. The zero-order valence-corrected chi connectivity index (χ0v) is 16.6. The van der Waals surface area contributed by atoms with Gasteiger partial charge in [-0.05, 0) is 35.4 Å². The summed E-state index contributed by atoms with van der Waals surface area (Å²) in [5.74, 6) is 0.638. The second-order valence-corrected chi connectivity index (χ2v) is 7.10. The van der Waals surface area contributed by atoms with Crippen molar-refractivity contribution in [3.05, 3.63) is 58.6 Å². The van der Waals surface area contributed by atoms with Crippen molar-refractivity contribution in [3.8, 4) is 16.9 Å². The number of nitro groups is 1. The van der Waals surface area contributed by atoms with Crippen molar-refractivity contribution in [2.45, 2.75) is 37.1 Å². The molecule has 1 aliphatic rings. The number of rotatable bonds is 9. The maximum absolute atomic E-state index is 10.7. The molecule has 3 rings (SSSR count). The Kier molecular flexibility index (Phi) is 7.91. The number of ether oxygens (including phenoxy) is 3. The van der Waals surface area contributed by atoms with Crippen LogP contribution in [0.5, 0.6) is 5.75 Å². The van der Waals surface area contributed by atoms with Crippen LogP contribution in [0.2, 0.25) is 0 Å². The molecule has 0 saturated carbocycles. The molecule has 0 aliphatic carbocycles. The van der Waals surface area contributed by atoms with Crippen LogP contribution >= 0.6 is 0 Å². The Morgan fingerprint density at radius 3 is 2.10 bits per heavy atom. The molecule has 10 heteroatoms. The third-order valence-corrected chi connectivity index (χ3v) is 4.95. The van der Waals surface area contributed by atoms with Crippen LogP contribution in [0.1, 0.15) is 6.42 Å². The van der Waals surface area contributed by atoms with Crippen LogP contribution < -0.4 is 4.74 Å². The number of benzene rings is 2. The third-order valence-electron chi connectivity index (χ3n) is 4.95. The average Bonchev–Trinajstić information content (AvgIpc) is 2.79. The van der Waals surface area contributed by atoms with Crippen LogP contribution in [0, 0.1) is 10.1 Å². The molecule has 0 spiro atoms. The number of aliphatic hydroxyl groups excluding tert-OH is 4. The maximum Gasteiger partial charge on any atom is 0.269 e. The first-order valence-electron chi connectivity index (χ1n) is 9.80. The molecule has 10 nitrogen and oxygen atoms in total. The molecular weight excluding hydrogens is 410 g/mol. The van der Waals surface area contributed by atoms with E-state index < -0.39 is 42.2 Å². The van der Waals surface area contributed by atoms with Crippen molar-refractivity contribution in [1.82, 2.24) is 0 Å². The van der Waals surface area contributed by atoms with E-state index >= 15 is 0 Å². The molecule has 0 amide bonds. The first-order chi connectivity index (χ1) is 14.9. The van der Waals surface area contributed by atoms with Gasteiger partial charge in [0, 0.05) is 18.6 Å². The Morgan fingerprint density at radius 2 is 1.52 bits per heavy atom. The second-order valence-electron chi connectivity index (χ2n) is 7.10. The molecule has 2 aromatic carbocycles. The molecule has 0 radical (unpaired) electrons. The van der Waals surface area contributed by atoms with E-state index in [2.05, 4.69) is 0 Å². The highest BCUT2D eigenvalue weighted by Gasteiger charge is 2.43. The van der Waals surface area contributed by atoms with Crippen molar-refractivity contribution in [1.29, 1.82) is 0 Å². The minimum absolute atomic E-state index is 0.0367. The number of non-ortho nitro benzene ring substituents is 1. The molecule has 0 aromatic heterocycles. The first kappa shape index (κ1) is 23.1. The predicted molar refractivity (Wildman–Crippen MR) is 108 cm³/mol. The van der Waals surface area contributed by atoms with Gasteiger partial charge in [0.1, 0.15) is 30.2 Å². The highest BCUT2D eigenvalue weighted by Crippen LogP contribution is 2.25. The van der Waals surface area contributed by atoms with E-state index in [9.17, 15) is 25.4 Å². The highest BCUT2D eigenvalue weighted by atomic mass is 16.7. The van der Waals surface area contributed by atoms with Gasteiger partial charge in [0.05, 0.1) is 24.7 Å². The Morgan fingerprint density at radius 1 is 0.903 bits per heavy atom. The van der Waals surface area contributed by atoms with Crippen molar-refractivity contribution >= 4 is 5.69 Å². The monoisotopic (exact) mass is 435 g/mol. The minimum Gasteiger partial charge on any atom is -0.494 e. The predicted octanol–water partition coefficient (Wildman–Crippen LogP) is 0.847. The van der Waals surface area contributed by atoms with Gasteiger partial charge in [0.25, 0.3) is 5.69 Å². The fourth-order valence-corrected chi connectivity index (χ4v) is 3.17. The van der Waals surface area contributed by atoms with E-state index in [1.807, 2.05) is 12.1 Å². The van der Waals surface area contributed by atoms with E-state index in [0.717, 1.165) is 11.1 Å². The summed E-state index contributed by atoms with van der Waals surface area (Å²) in [5.41, 5.74) is 1.79. The van der Waals surface area contributed by atoms with Crippen LogP contribution in [0.25, 0.3) is 11.1 Å². The van der Waals surface area contributed by atoms with Crippen molar-refractivity contribution in [2.75, 3.05) is 19.8 Å². The SMILES string of the molecule is O=[N+]([O-])c1ccc(-c2ccc(OCCCO[C@@H]3O[C@H](CO)[C@@H](O)[C@H](O)[C@H]3O)cc2)cc1. The quantitative estimate of drug-likeness (QED) is 0.255. The molecule has 1 fully saturated rings. The van der Waals surface area contributed by atoms with E-state index in [4.69, 9.17) is 19.3 Å². The lowest BCUT2D eigenvalue weighted by atomic mass is 9.99. The topological polar surface area (TPSA) is 152 Å². The van der Waals surface area contributed by atoms with Crippen molar-refractivity contribution < 1.29 is 39.6 Å². The molecule has 4 N–H and O–H groups in total. The molecule has 1 heterocycles. The van der Waals surface area contributed by atoms with E-state index in [1.54, 1.807) is 24.3 Å². The van der Waals surface area contributed by atoms with Gasteiger partial charge in [-0.2, -0.15) is 0 Å². The standard InChI is InChI=1S/C21H25NO9/c23-12-17-18(24)19(25)20(26)21(31-17)30-11-1-10-29-16-8-4-14(5-9-16)13-2-6-15(7-3-13)22(27)28/h2-9,17-21,23-26H,1,10-12H2/t17-,18-,19+,20-,21-/m1/s1. The van der Waals surface area contributed by atoms with Crippen molar-refractivity contribution in [3.63, 3.8) is 0 Å². The lowest BCUT2D eigenvalue weighted by Gasteiger charge is -2.39. The second kappa shape index (κ2) is 10.6. The molecule has 0 unspecified atom stereocenters. The summed E-state index contributed by atoms with van der Waals surface area (Å²) in [4.78, 5) is 10.3. The van der Waals surface area contributed by atoms with Gasteiger partial charge in [-0.25, -0.2) is 0 Å². The molecule has 0 bridgehead atoms. The van der Waals surface area contributed by atoms with E-state index in [-0.39, 0.29) is 12.3 Å². The molecule has 5 atom stereocenters. The number of aliphatic hydroxyl groups is 4. The fourth-order valence-electron chi connectivity index (χ4n) is 3.17. The van der Waals surface area contributed by atoms with E-state index in [0.29, 0.717) is 18.8 Å². The number of hydrogen-bond acceptors (Lipinski definition) is 9. The summed E-state index contributed by atoms with van der Waals surface area (Å²) >= 11 is 0. The van der Waals surface area contributed by atoms with Crippen LogP contribution in [-0.2, 0) is 9.47 Å². The van der Waals surface area contributed by atoms with Gasteiger partial charge in [0.2, 0.25) is 0 Å². The number of nitrogens with zero attached hydrogens (tertiary/aromatic N) is 1. The molecule has 168 valence electrons. The van der Waals surface area contributed by atoms with Gasteiger partial charge in [-0.15, -0.1) is 0 Å². The minimum atomic E-state index is -1.47. The zero-order chi connectivity index (χ0) is 22.4. The largest absolute Gasteiger partial charge is 0.494 e.